The van der Waals surface area contributed by atoms with Crippen molar-refractivity contribution in [2.75, 3.05) is 7.11 Å². The molecular weight excluding hydrogens is 195 g/mol. The first kappa shape index (κ1) is 22.4. The minimum absolute atomic E-state index is 0. The topological polar surface area (TPSA) is 100 Å². The van der Waals surface area contributed by atoms with Gasteiger partial charge >= 0.3 is 17.1 Å². The zero-order chi connectivity index (χ0) is 9.15. The predicted octanol–water partition coefficient (Wildman–Crippen LogP) is -2.88. The molecule has 0 bridgehead atoms. The Bertz CT molecular complexity index is 72.9. The number of hydrogen-bond donors (Lipinski definition) is 1. The monoisotopic (exact) mass is 205 g/mol. The number of carboxylic acids is 2. The van der Waals surface area contributed by atoms with E-state index in [4.69, 9.17) is 24.9 Å². The number of carbonyl (C=O) groups excluding carboxylic acids is 2. The molecule has 1 radical (unpaired) electrons. The first-order chi connectivity index (χ1) is 4.46. The number of aliphatic hydroxyl groups is 1. The normalized spacial score (nSPS) is 5.09. The van der Waals surface area contributed by atoms with E-state index in [1.807, 2.05) is 0 Å². The fourth-order valence-electron chi connectivity index (χ4n) is 0. The largest absolute Gasteiger partial charge is 2.00 e. The molecule has 0 saturated carbocycles. The van der Waals surface area contributed by atoms with Gasteiger partial charge in [-0.2, -0.15) is 0 Å². The van der Waals surface area contributed by atoms with Crippen molar-refractivity contribution in [3.63, 3.8) is 0 Å². The van der Waals surface area contributed by atoms with Gasteiger partial charge in [-0.05, 0) is 13.8 Å². The van der Waals surface area contributed by atoms with E-state index < -0.39 is 11.9 Å². The second-order valence-corrected chi connectivity index (χ2v) is 0.983. The Balaban J connectivity index is -0.0000000339. The summed E-state index contributed by atoms with van der Waals surface area (Å²) in [5.41, 5.74) is 0. The minimum Gasteiger partial charge on any atom is -0.550 e. The van der Waals surface area contributed by atoms with E-state index in [2.05, 4.69) is 0 Å². The molecular formula is C5H10MnO5. The van der Waals surface area contributed by atoms with Crippen LogP contribution in [0, 0.1) is 0 Å². The van der Waals surface area contributed by atoms with Gasteiger partial charge in [0.05, 0.1) is 0 Å². The van der Waals surface area contributed by atoms with Gasteiger partial charge in [0.1, 0.15) is 0 Å². The quantitative estimate of drug-likeness (QED) is 0.428. The maximum Gasteiger partial charge on any atom is 2.00 e. The molecule has 0 aliphatic heterocycles. The van der Waals surface area contributed by atoms with Gasteiger partial charge in [0.15, 0.2) is 0 Å². The first-order valence-corrected chi connectivity index (χ1v) is 2.26. The van der Waals surface area contributed by atoms with E-state index in [1.165, 1.54) is 0 Å². The second kappa shape index (κ2) is 22.7. The summed E-state index contributed by atoms with van der Waals surface area (Å²) in [6.45, 7) is 1.94. The summed E-state index contributed by atoms with van der Waals surface area (Å²) in [7, 11) is 1.00. The van der Waals surface area contributed by atoms with Gasteiger partial charge in [0.2, 0.25) is 0 Å². The summed E-state index contributed by atoms with van der Waals surface area (Å²) >= 11 is 0. The summed E-state index contributed by atoms with van der Waals surface area (Å²) in [6, 6.07) is 0. The average Bonchev–Trinajstić information content (AvgIpc) is 1.66. The molecule has 6 heteroatoms. The van der Waals surface area contributed by atoms with Gasteiger partial charge < -0.3 is 24.9 Å². The molecule has 0 aromatic heterocycles. The molecule has 0 aromatic carbocycles. The van der Waals surface area contributed by atoms with E-state index in [-0.39, 0.29) is 17.1 Å². The number of carboxylic acid groups (broad SMARTS) is 2. The van der Waals surface area contributed by atoms with Crippen molar-refractivity contribution in [3.8, 4) is 0 Å². The van der Waals surface area contributed by atoms with Crippen LogP contribution in [0.2, 0.25) is 0 Å². The molecule has 0 heterocycles. The number of aliphatic carboxylic acids is 2. The molecule has 67 valence electrons. The van der Waals surface area contributed by atoms with Crippen LogP contribution < -0.4 is 10.2 Å². The summed E-state index contributed by atoms with van der Waals surface area (Å²) in [5.74, 6) is -2.17. The molecule has 0 fully saturated rings. The third-order valence-electron chi connectivity index (χ3n) is 0. The fraction of sp³-hybridized carbons (Fsp3) is 0.600. The molecule has 1 N–H and O–H groups in total. The summed E-state index contributed by atoms with van der Waals surface area (Å²) in [4.78, 5) is 17.8. The van der Waals surface area contributed by atoms with Crippen molar-refractivity contribution in [1.29, 1.82) is 0 Å². The first-order valence-electron chi connectivity index (χ1n) is 2.26. The number of aliphatic hydroxyl groups excluding tert-OH is 1. The Morgan fingerprint density at radius 1 is 1.00 bits per heavy atom. The molecule has 0 spiro atoms. The number of carbonyl (C=O) groups is 2. The van der Waals surface area contributed by atoms with E-state index in [0.717, 1.165) is 21.0 Å². The third-order valence-corrected chi connectivity index (χ3v) is 0. The Hall–Kier alpha value is -0.581. The molecule has 0 rings (SSSR count). The van der Waals surface area contributed by atoms with Crippen molar-refractivity contribution in [2.45, 2.75) is 13.8 Å². The van der Waals surface area contributed by atoms with Gasteiger partial charge in [0, 0.05) is 19.0 Å². The molecule has 0 aromatic rings. The summed E-state index contributed by atoms with van der Waals surface area (Å²) in [6.07, 6.45) is 0. The van der Waals surface area contributed by atoms with Crippen LogP contribution in [0.15, 0.2) is 0 Å². The maximum absolute atomic E-state index is 8.89. The average molecular weight is 205 g/mol. The molecule has 0 atom stereocenters. The molecule has 0 aliphatic rings. The van der Waals surface area contributed by atoms with Crippen molar-refractivity contribution in [2.24, 2.45) is 0 Å². The van der Waals surface area contributed by atoms with Crippen LogP contribution >= 0.6 is 0 Å². The molecule has 0 amide bonds. The second-order valence-electron chi connectivity index (χ2n) is 0.983. The standard InChI is InChI=1S/2C2H4O2.CH4O.Mn/c2*1-2(3)4;1-2;/h2*1H3,(H,3,4);2H,1H3;/q;;;+2/p-2. The third kappa shape index (κ3) is 1540. The van der Waals surface area contributed by atoms with E-state index in [9.17, 15) is 0 Å². The summed E-state index contributed by atoms with van der Waals surface area (Å²) in [5, 5.41) is 24.8. The molecule has 5 nitrogen and oxygen atoms in total. The Morgan fingerprint density at radius 3 is 1.00 bits per heavy atom. The Labute approximate surface area is 75.5 Å². The zero-order valence-corrected chi connectivity index (χ0v) is 7.64. The van der Waals surface area contributed by atoms with Gasteiger partial charge in [0.25, 0.3) is 0 Å². The number of hydrogen-bond acceptors (Lipinski definition) is 5. The zero-order valence-electron chi connectivity index (χ0n) is 6.46. The van der Waals surface area contributed by atoms with Gasteiger partial charge in [-0.1, -0.05) is 0 Å². The molecule has 11 heavy (non-hydrogen) atoms. The van der Waals surface area contributed by atoms with Crippen LogP contribution in [0.1, 0.15) is 13.8 Å². The van der Waals surface area contributed by atoms with Crippen molar-refractivity contribution < 1.29 is 42.0 Å². The predicted molar refractivity (Wildman–Crippen MR) is 29.5 cm³/mol. The van der Waals surface area contributed by atoms with Crippen LogP contribution in [-0.4, -0.2) is 24.2 Å². The Kier molecular flexibility index (Phi) is 46.4. The smallest absolute Gasteiger partial charge is 0.550 e. The minimum atomic E-state index is -1.08. The molecule has 0 aliphatic carbocycles. The number of rotatable bonds is 0. The van der Waals surface area contributed by atoms with E-state index in [1.54, 1.807) is 0 Å². The van der Waals surface area contributed by atoms with Crippen LogP contribution in [0.4, 0.5) is 0 Å². The van der Waals surface area contributed by atoms with Crippen molar-refractivity contribution in [3.05, 3.63) is 0 Å². The summed E-state index contributed by atoms with van der Waals surface area (Å²) < 4.78 is 0. The SMILES string of the molecule is CC(=O)[O-].CC(=O)[O-].CO.[Mn+2]. The maximum atomic E-state index is 8.89. The Morgan fingerprint density at radius 2 is 1.00 bits per heavy atom. The van der Waals surface area contributed by atoms with Gasteiger partial charge in [-0.25, -0.2) is 0 Å². The fourth-order valence-corrected chi connectivity index (χ4v) is 0. The van der Waals surface area contributed by atoms with E-state index in [0.29, 0.717) is 0 Å². The van der Waals surface area contributed by atoms with Gasteiger partial charge in [-0.15, -0.1) is 0 Å². The van der Waals surface area contributed by atoms with Crippen molar-refractivity contribution >= 4 is 11.9 Å². The molecule has 0 unspecified atom stereocenters. The van der Waals surface area contributed by atoms with Gasteiger partial charge in [-0.3, -0.25) is 0 Å². The van der Waals surface area contributed by atoms with Crippen molar-refractivity contribution in [1.82, 2.24) is 0 Å². The van der Waals surface area contributed by atoms with E-state index >= 15 is 0 Å². The van der Waals surface area contributed by atoms with Crippen LogP contribution in [-0.2, 0) is 26.7 Å². The van der Waals surface area contributed by atoms with Crippen LogP contribution in [0.25, 0.3) is 0 Å². The van der Waals surface area contributed by atoms with Crippen LogP contribution in [0.3, 0.4) is 0 Å². The van der Waals surface area contributed by atoms with Crippen LogP contribution in [0.5, 0.6) is 0 Å². The molecule has 0 saturated heterocycles.